The number of aliphatic hydroxyl groups is 1. The van der Waals surface area contributed by atoms with E-state index in [9.17, 15) is 23.1 Å². The van der Waals surface area contributed by atoms with E-state index in [1.54, 1.807) is 54.6 Å². The van der Waals surface area contributed by atoms with Crippen molar-refractivity contribution >= 4 is 23.2 Å². The van der Waals surface area contributed by atoms with Gasteiger partial charge in [-0.3, -0.25) is 4.79 Å². The average molecular weight is 373 g/mol. The van der Waals surface area contributed by atoms with Gasteiger partial charge < -0.3 is 10.4 Å². The average Bonchev–Trinajstić information content (AvgIpc) is 2.95. The lowest BCUT2D eigenvalue weighted by Crippen LogP contribution is -2.43. The Hall–Kier alpha value is -2.86. The molecule has 0 spiro atoms. The van der Waals surface area contributed by atoms with E-state index in [1.807, 2.05) is 0 Å². The Morgan fingerprint density at radius 3 is 2.37 bits per heavy atom. The number of benzene rings is 2. The Bertz CT molecular complexity index is 917. The molecule has 140 valence electrons. The van der Waals surface area contributed by atoms with Gasteiger partial charge in [-0.25, -0.2) is 0 Å². The Kier molecular flexibility index (Phi) is 4.93. The third-order valence-corrected chi connectivity index (χ3v) is 4.48. The number of alkyl halides is 3. The lowest BCUT2D eigenvalue weighted by molar-refractivity contribution is -0.238. The number of anilines is 1. The van der Waals surface area contributed by atoms with Crippen LogP contribution >= 0.6 is 0 Å². The smallest absolute Gasteiger partial charge is 0.376 e. The summed E-state index contributed by atoms with van der Waals surface area (Å²) in [5, 5.41) is 13.0. The first kappa shape index (κ1) is 18.9. The predicted octanol–water partition coefficient (Wildman–Crippen LogP) is 4.81. The van der Waals surface area contributed by atoms with Crippen molar-refractivity contribution in [3.63, 3.8) is 0 Å². The number of fused-ring (bicyclic) bond motifs is 1. The van der Waals surface area contributed by atoms with E-state index in [1.165, 1.54) is 13.0 Å². The van der Waals surface area contributed by atoms with Crippen molar-refractivity contribution in [2.75, 3.05) is 5.32 Å². The molecule has 2 N–H and O–H groups in total. The molecular formula is C21H18F3NO2. The van der Waals surface area contributed by atoms with Crippen LogP contribution in [0.2, 0.25) is 0 Å². The van der Waals surface area contributed by atoms with E-state index >= 15 is 0 Å². The van der Waals surface area contributed by atoms with Gasteiger partial charge in [0, 0.05) is 23.2 Å². The molecule has 2 aromatic rings. The first-order valence-electron chi connectivity index (χ1n) is 8.35. The largest absolute Gasteiger partial charge is 0.421 e. The van der Waals surface area contributed by atoms with Gasteiger partial charge in [0.25, 0.3) is 5.91 Å². The number of hydrogen-bond acceptors (Lipinski definition) is 2. The van der Waals surface area contributed by atoms with Gasteiger partial charge >= 0.3 is 6.18 Å². The minimum Gasteiger partial charge on any atom is -0.376 e. The highest BCUT2D eigenvalue weighted by atomic mass is 19.4. The van der Waals surface area contributed by atoms with E-state index in [2.05, 4.69) is 5.32 Å². The fraction of sp³-hybridized carbons (Fsp3) is 0.190. The van der Waals surface area contributed by atoms with E-state index in [4.69, 9.17) is 0 Å². The van der Waals surface area contributed by atoms with E-state index in [0.717, 1.165) is 6.08 Å². The maximum Gasteiger partial charge on any atom is 0.421 e. The molecule has 0 unspecified atom stereocenters. The third kappa shape index (κ3) is 3.80. The van der Waals surface area contributed by atoms with Crippen molar-refractivity contribution in [3.8, 4) is 0 Å². The van der Waals surface area contributed by atoms with E-state index in [0.29, 0.717) is 16.8 Å². The molecule has 0 fully saturated rings. The molecule has 3 rings (SSSR count). The van der Waals surface area contributed by atoms with Gasteiger partial charge in [-0.1, -0.05) is 60.2 Å². The summed E-state index contributed by atoms with van der Waals surface area (Å²) in [4.78, 5) is 12.2. The van der Waals surface area contributed by atoms with Gasteiger partial charge in [0.2, 0.25) is 0 Å². The third-order valence-electron chi connectivity index (χ3n) is 4.48. The monoisotopic (exact) mass is 373 g/mol. The summed E-state index contributed by atoms with van der Waals surface area (Å²) in [5.74, 6) is -0.467. The maximum atomic E-state index is 13.6. The fourth-order valence-corrected chi connectivity index (χ4v) is 3.09. The summed E-state index contributed by atoms with van der Waals surface area (Å²) in [5.41, 5.74) is -1.13. The molecule has 0 aromatic heterocycles. The van der Waals surface area contributed by atoms with Gasteiger partial charge in [0.05, 0.1) is 0 Å². The van der Waals surface area contributed by atoms with Crippen LogP contribution in [0.25, 0.3) is 11.6 Å². The van der Waals surface area contributed by atoms with Crippen molar-refractivity contribution in [1.29, 1.82) is 0 Å². The maximum absolute atomic E-state index is 13.6. The number of carbonyl (C=O) groups is 1. The first-order valence-corrected chi connectivity index (χ1v) is 8.35. The molecule has 0 bridgehead atoms. The normalized spacial score (nSPS) is 18.2. The lowest BCUT2D eigenvalue weighted by Gasteiger charge is -2.28. The Balaban J connectivity index is 1.98. The molecule has 27 heavy (non-hydrogen) atoms. The predicted molar refractivity (Wildman–Crippen MR) is 98.8 cm³/mol. The number of hydrogen-bond donors (Lipinski definition) is 2. The summed E-state index contributed by atoms with van der Waals surface area (Å²) in [6.45, 7) is 1.43. The number of nitrogens with one attached hydrogen (secondary N) is 1. The van der Waals surface area contributed by atoms with Crippen LogP contribution < -0.4 is 5.32 Å². The lowest BCUT2D eigenvalue weighted by atomic mass is 9.89. The number of rotatable bonds is 4. The zero-order valence-electron chi connectivity index (χ0n) is 14.5. The molecule has 1 amide bonds. The van der Waals surface area contributed by atoms with Crippen LogP contribution in [0.1, 0.15) is 24.5 Å². The minimum atomic E-state index is -4.89. The number of amides is 1. The quantitative estimate of drug-likeness (QED) is 0.756. The van der Waals surface area contributed by atoms with Gasteiger partial charge in [-0.15, -0.1) is 0 Å². The van der Waals surface area contributed by atoms with Gasteiger partial charge in [0.1, 0.15) is 0 Å². The van der Waals surface area contributed by atoms with Crippen LogP contribution in [0.4, 0.5) is 18.9 Å². The molecule has 0 saturated carbocycles. The van der Waals surface area contributed by atoms with Crippen LogP contribution in [0, 0.1) is 0 Å². The first-order chi connectivity index (χ1) is 12.7. The summed E-state index contributed by atoms with van der Waals surface area (Å²) < 4.78 is 40.9. The number of carbonyl (C=O) groups excluding carboxylic acids is 1. The Labute approximate surface area is 154 Å². The van der Waals surface area contributed by atoms with Crippen molar-refractivity contribution < 1.29 is 23.1 Å². The van der Waals surface area contributed by atoms with Gasteiger partial charge in [-0.05, 0) is 24.6 Å². The molecule has 0 radical (unpaired) electrons. The van der Waals surface area contributed by atoms with Crippen LogP contribution in [0.15, 0.2) is 66.2 Å². The Morgan fingerprint density at radius 1 is 1.07 bits per heavy atom. The number of halogens is 3. The van der Waals surface area contributed by atoms with Crippen molar-refractivity contribution in [2.45, 2.75) is 25.1 Å². The second kappa shape index (κ2) is 7.04. The molecule has 1 atom stereocenters. The molecule has 1 heterocycles. The van der Waals surface area contributed by atoms with Crippen molar-refractivity contribution in [1.82, 2.24) is 0 Å². The van der Waals surface area contributed by atoms with Gasteiger partial charge in [0.15, 0.2) is 5.60 Å². The molecule has 0 saturated heterocycles. The van der Waals surface area contributed by atoms with Crippen LogP contribution in [0.5, 0.6) is 0 Å². The zero-order valence-corrected chi connectivity index (χ0v) is 14.5. The van der Waals surface area contributed by atoms with Crippen LogP contribution in [-0.2, 0) is 4.79 Å². The summed E-state index contributed by atoms with van der Waals surface area (Å²) in [6.07, 6.45) is -3.66. The molecule has 1 aliphatic rings. The molecule has 0 aliphatic carbocycles. The minimum absolute atomic E-state index is 0.162. The summed E-state index contributed by atoms with van der Waals surface area (Å²) in [6, 6.07) is 15.2. The molecular weight excluding hydrogens is 355 g/mol. The summed E-state index contributed by atoms with van der Waals surface area (Å²) >= 11 is 0. The van der Waals surface area contributed by atoms with Crippen LogP contribution in [-0.4, -0.2) is 22.8 Å². The fourth-order valence-electron chi connectivity index (χ4n) is 3.09. The molecule has 6 heteroatoms. The van der Waals surface area contributed by atoms with Gasteiger partial charge in [-0.2, -0.15) is 13.2 Å². The SMILES string of the molecule is C/C(C[C@@](O)(/C=C/c1ccccc1)C(F)(F)F)=C1/C(=O)Nc2ccccc21. The second-order valence-corrected chi connectivity index (χ2v) is 6.50. The highest BCUT2D eigenvalue weighted by molar-refractivity contribution is 6.32. The topological polar surface area (TPSA) is 49.3 Å². The van der Waals surface area contributed by atoms with Crippen molar-refractivity contribution in [2.24, 2.45) is 0 Å². The number of para-hydroxylation sites is 1. The zero-order chi connectivity index (χ0) is 19.7. The van der Waals surface area contributed by atoms with Crippen LogP contribution in [0.3, 0.4) is 0 Å². The van der Waals surface area contributed by atoms with Crippen molar-refractivity contribution in [3.05, 3.63) is 77.4 Å². The van der Waals surface area contributed by atoms with E-state index < -0.39 is 24.1 Å². The highest BCUT2D eigenvalue weighted by Gasteiger charge is 2.52. The second-order valence-electron chi connectivity index (χ2n) is 6.50. The summed E-state index contributed by atoms with van der Waals surface area (Å²) in [7, 11) is 0. The highest BCUT2D eigenvalue weighted by Crippen LogP contribution is 2.41. The molecule has 2 aromatic carbocycles. The van der Waals surface area contributed by atoms with E-state index in [-0.39, 0.29) is 11.1 Å². The Morgan fingerprint density at radius 2 is 1.70 bits per heavy atom. The molecule has 1 aliphatic heterocycles. The standard InChI is InChI=1S/C21H18F3NO2/c1-14(18-16-9-5-6-10-17(16)25-19(18)26)13-20(27,21(22,23)24)12-11-15-7-3-2-4-8-15/h2-12,27H,13H2,1H3,(H,25,26)/b12-11+,18-14-/t20-/m0/s1. The molecule has 3 nitrogen and oxygen atoms in total.